The number of nitrogens with zero attached hydrogens (tertiary/aromatic N) is 3. The van der Waals surface area contributed by atoms with Crippen LogP contribution in [0.25, 0.3) is 0 Å². The number of hydrogen-bond donors (Lipinski definition) is 1. The summed E-state index contributed by atoms with van der Waals surface area (Å²) >= 11 is 7.70. The Hall–Kier alpha value is -1.84. The molecule has 0 radical (unpaired) electrons. The second-order valence-electron chi connectivity index (χ2n) is 7.53. The number of amides is 1. The van der Waals surface area contributed by atoms with Crippen LogP contribution >= 0.6 is 22.9 Å². The van der Waals surface area contributed by atoms with Crippen LogP contribution in [0.3, 0.4) is 0 Å². The number of alkyl halides is 3. The first-order valence-electron chi connectivity index (χ1n) is 9.62. The Morgan fingerprint density at radius 3 is 2.63 bits per heavy atom. The summed E-state index contributed by atoms with van der Waals surface area (Å²) < 4.78 is 38.4. The number of carbonyl (C=O) groups is 1. The molecule has 0 spiro atoms. The molecule has 5 nitrogen and oxygen atoms in total. The van der Waals surface area contributed by atoms with Crippen molar-refractivity contribution in [3.63, 3.8) is 0 Å². The Bertz CT molecular complexity index is 852. The molecular formula is C20H24ClF3N4OS. The highest BCUT2D eigenvalue weighted by atomic mass is 35.5. The number of halogens is 4. The Morgan fingerprint density at radius 2 is 2.10 bits per heavy atom. The standard InChI is InChI=1S/C20H24ClF3N4OS/c1-27(2)16(17-4-3-9-30-17)12-26-19(29)13-5-7-28(8-6-13)18-15(21)10-14(11-25-18)20(22,23)24/h3-4,9-11,13,16H,5-8,12H2,1-2H3,(H,26,29)/t16-/m0/s1. The van der Waals surface area contributed by atoms with E-state index in [9.17, 15) is 18.0 Å². The predicted molar refractivity (Wildman–Crippen MR) is 113 cm³/mol. The molecule has 30 heavy (non-hydrogen) atoms. The van der Waals surface area contributed by atoms with Gasteiger partial charge in [-0.1, -0.05) is 17.7 Å². The molecule has 1 atom stereocenters. The molecule has 2 aromatic rings. The van der Waals surface area contributed by atoms with Gasteiger partial charge in [0.1, 0.15) is 5.82 Å². The van der Waals surface area contributed by atoms with Gasteiger partial charge >= 0.3 is 6.18 Å². The highest BCUT2D eigenvalue weighted by Crippen LogP contribution is 2.34. The molecule has 0 saturated carbocycles. The zero-order valence-electron chi connectivity index (χ0n) is 16.7. The maximum Gasteiger partial charge on any atom is 0.417 e. The molecule has 1 amide bonds. The Kier molecular flexibility index (Phi) is 7.26. The number of likely N-dealkylation sites (N-methyl/N-ethyl adjacent to an activating group) is 1. The van der Waals surface area contributed by atoms with Gasteiger partial charge in [-0.2, -0.15) is 13.2 Å². The summed E-state index contributed by atoms with van der Waals surface area (Å²) in [5.74, 6) is 0.194. The number of piperidine rings is 1. The van der Waals surface area contributed by atoms with E-state index in [1.807, 2.05) is 30.4 Å². The Morgan fingerprint density at radius 1 is 1.40 bits per heavy atom. The molecule has 164 valence electrons. The topological polar surface area (TPSA) is 48.5 Å². The predicted octanol–water partition coefficient (Wildman–Crippen LogP) is 4.45. The second kappa shape index (κ2) is 9.53. The molecule has 2 aromatic heterocycles. The molecule has 1 N–H and O–H groups in total. The summed E-state index contributed by atoms with van der Waals surface area (Å²) in [6, 6.07) is 5.06. The fourth-order valence-corrected chi connectivity index (χ4v) is 4.74. The summed E-state index contributed by atoms with van der Waals surface area (Å²) in [7, 11) is 3.96. The van der Waals surface area contributed by atoms with E-state index in [2.05, 4.69) is 21.3 Å². The number of hydrogen-bond acceptors (Lipinski definition) is 5. The van der Waals surface area contributed by atoms with Crippen LogP contribution in [0, 0.1) is 5.92 Å². The molecule has 0 aliphatic carbocycles. The summed E-state index contributed by atoms with van der Waals surface area (Å²) in [5.41, 5.74) is -0.869. The lowest BCUT2D eigenvalue weighted by Gasteiger charge is -2.33. The van der Waals surface area contributed by atoms with E-state index in [0.717, 1.165) is 12.3 Å². The van der Waals surface area contributed by atoms with E-state index in [4.69, 9.17) is 11.6 Å². The van der Waals surface area contributed by atoms with Gasteiger partial charge in [0, 0.05) is 36.6 Å². The van der Waals surface area contributed by atoms with E-state index < -0.39 is 11.7 Å². The van der Waals surface area contributed by atoms with Crippen molar-refractivity contribution in [3.05, 3.63) is 45.2 Å². The van der Waals surface area contributed by atoms with Crippen molar-refractivity contribution in [1.82, 2.24) is 15.2 Å². The SMILES string of the molecule is CN(C)[C@@H](CNC(=O)C1CCN(c2ncc(C(F)(F)F)cc2Cl)CC1)c1cccs1. The molecule has 3 heterocycles. The van der Waals surface area contributed by atoms with Crippen molar-refractivity contribution < 1.29 is 18.0 Å². The number of carbonyl (C=O) groups excluding carboxylic acids is 1. The molecule has 1 saturated heterocycles. The van der Waals surface area contributed by atoms with Crippen LogP contribution in [-0.4, -0.2) is 49.5 Å². The van der Waals surface area contributed by atoms with Crippen molar-refractivity contribution in [3.8, 4) is 0 Å². The molecule has 1 fully saturated rings. The van der Waals surface area contributed by atoms with Gasteiger partial charge in [-0.15, -0.1) is 11.3 Å². The van der Waals surface area contributed by atoms with Gasteiger partial charge in [-0.25, -0.2) is 4.98 Å². The van der Waals surface area contributed by atoms with Crippen LogP contribution in [-0.2, 0) is 11.0 Å². The van der Waals surface area contributed by atoms with Crippen molar-refractivity contribution in [2.75, 3.05) is 38.6 Å². The Labute approximate surface area is 182 Å². The molecule has 0 bridgehead atoms. The van der Waals surface area contributed by atoms with E-state index in [-0.39, 0.29) is 22.9 Å². The van der Waals surface area contributed by atoms with Crippen molar-refractivity contribution >= 4 is 34.7 Å². The van der Waals surface area contributed by atoms with Crippen LogP contribution < -0.4 is 10.2 Å². The third-order valence-electron chi connectivity index (χ3n) is 5.28. The van der Waals surface area contributed by atoms with E-state index >= 15 is 0 Å². The molecular weight excluding hydrogens is 437 g/mol. The van der Waals surface area contributed by atoms with Gasteiger partial charge < -0.3 is 15.1 Å². The largest absolute Gasteiger partial charge is 0.417 e. The van der Waals surface area contributed by atoms with Crippen molar-refractivity contribution in [2.45, 2.75) is 25.1 Å². The zero-order chi connectivity index (χ0) is 21.9. The summed E-state index contributed by atoms with van der Waals surface area (Å²) in [6.45, 7) is 1.55. The highest BCUT2D eigenvalue weighted by molar-refractivity contribution is 7.10. The quantitative estimate of drug-likeness (QED) is 0.692. The van der Waals surface area contributed by atoms with Gasteiger partial charge in [0.25, 0.3) is 0 Å². The average molecular weight is 461 g/mol. The number of nitrogens with one attached hydrogen (secondary N) is 1. The molecule has 0 aromatic carbocycles. The van der Waals surface area contributed by atoms with Crippen molar-refractivity contribution in [1.29, 1.82) is 0 Å². The minimum Gasteiger partial charge on any atom is -0.355 e. The van der Waals surface area contributed by atoms with Gasteiger partial charge in [-0.3, -0.25) is 4.79 Å². The second-order valence-corrected chi connectivity index (χ2v) is 8.91. The zero-order valence-corrected chi connectivity index (χ0v) is 18.3. The molecule has 1 aliphatic rings. The van der Waals surface area contributed by atoms with Gasteiger partial charge in [-0.05, 0) is 44.4 Å². The minimum atomic E-state index is -4.48. The number of rotatable bonds is 6. The monoisotopic (exact) mass is 460 g/mol. The number of thiophene rings is 1. The lowest BCUT2D eigenvalue weighted by atomic mass is 9.95. The highest BCUT2D eigenvalue weighted by Gasteiger charge is 2.33. The van der Waals surface area contributed by atoms with Crippen LogP contribution in [0.1, 0.15) is 29.3 Å². The van der Waals surface area contributed by atoms with E-state index in [1.54, 1.807) is 11.3 Å². The molecule has 10 heteroatoms. The number of anilines is 1. The summed E-state index contributed by atoms with van der Waals surface area (Å²) in [5, 5.41) is 5.04. The van der Waals surface area contributed by atoms with Crippen LogP contribution in [0.2, 0.25) is 5.02 Å². The van der Waals surface area contributed by atoms with Crippen LogP contribution in [0.4, 0.5) is 19.0 Å². The Balaban J connectivity index is 1.54. The normalized spacial score (nSPS) is 16.7. The van der Waals surface area contributed by atoms with Gasteiger partial charge in [0.15, 0.2) is 0 Å². The molecule has 0 unspecified atom stereocenters. The maximum absolute atomic E-state index is 12.8. The summed E-state index contributed by atoms with van der Waals surface area (Å²) in [4.78, 5) is 21.7. The molecule has 3 rings (SSSR count). The third kappa shape index (κ3) is 5.44. The molecule has 1 aliphatic heterocycles. The fourth-order valence-electron chi connectivity index (χ4n) is 3.53. The summed E-state index contributed by atoms with van der Waals surface area (Å²) in [6.07, 6.45) is -2.49. The fraction of sp³-hybridized carbons (Fsp3) is 0.500. The number of aromatic nitrogens is 1. The third-order valence-corrected chi connectivity index (χ3v) is 6.53. The van der Waals surface area contributed by atoms with E-state index in [1.165, 1.54) is 4.88 Å². The lowest BCUT2D eigenvalue weighted by Crippen LogP contribution is -2.43. The average Bonchev–Trinajstić information content (AvgIpc) is 3.21. The van der Waals surface area contributed by atoms with Gasteiger partial charge in [0.2, 0.25) is 5.91 Å². The first-order valence-corrected chi connectivity index (χ1v) is 10.9. The minimum absolute atomic E-state index is 0.00420. The smallest absolute Gasteiger partial charge is 0.355 e. The lowest BCUT2D eigenvalue weighted by molar-refractivity contribution is -0.137. The first-order chi connectivity index (χ1) is 14.2. The van der Waals surface area contributed by atoms with Crippen LogP contribution in [0.5, 0.6) is 0 Å². The van der Waals surface area contributed by atoms with Gasteiger partial charge in [0.05, 0.1) is 16.6 Å². The van der Waals surface area contributed by atoms with Crippen molar-refractivity contribution in [2.24, 2.45) is 5.92 Å². The maximum atomic E-state index is 12.8. The van der Waals surface area contributed by atoms with Crippen LogP contribution in [0.15, 0.2) is 29.8 Å². The van der Waals surface area contributed by atoms with E-state index in [0.29, 0.717) is 38.3 Å². The number of pyridine rings is 1. The first kappa shape index (κ1) is 22.8.